The highest BCUT2D eigenvalue weighted by atomic mass is 35.5. The van der Waals surface area contributed by atoms with Crippen LogP contribution in [0, 0.1) is 29.6 Å². The zero-order valence-corrected chi connectivity index (χ0v) is 21.4. The maximum atomic E-state index is 13.8. The van der Waals surface area contributed by atoms with Crippen LogP contribution >= 0.6 is 11.6 Å². The summed E-state index contributed by atoms with van der Waals surface area (Å²) in [5.74, 6) is -2.31. The van der Waals surface area contributed by atoms with Crippen LogP contribution in [0.1, 0.15) is 36.0 Å². The van der Waals surface area contributed by atoms with Gasteiger partial charge in [-0.2, -0.15) is 13.2 Å². The highest BCUT2D eigenvalue weighted by molar-refractivity contribution is 6.34. The second-order valence-corrected chi connectivity index (χ2v) is 10.7. The van der Waals surface area contributed by atoms with Crippen LogP contribution in [0.4, 0.5) is 18.9 Å². The second-order valence-electron chi connectivity index (χ2n) is 10.3. The van der Waals surface area contributed by atoms with Crippen LogP contribution in [0.15, 0.2) is 42.5 Å². The highest BCUT2D eigenvalue weighted by Gasteiger charge is 2.51. The number of rotatable bonds is 7. The van der Waals surface area contributed by atoms with Crippen molar-refractivity contribution in [1.29, 1.82) is 0 Å². The van der Waals surface area contributed by atoms with E-state index in [4.69, 9.17) is 11.6 Å². The van der Waals surface area contributed by atoms with Crippen molar-refractivity contribution in [2.24, 2.45) is 29.6 Å². The lowest BCUT2D eigenvalue weighted by molar-refractivity contribution is -0.197. The summed E-state index contributed by atoms with van der Waals surface area (Å²) in [5.41, 5.74) is 1.31. The van der Waals surface area contributed by atoms with Gasteiger partial charge in [0, 0.05) is 45.3 Å². The van der Waals surface area contributed by atoms with E-state index in [1.807, 2.05) is 6.07 Å². The van der Waals surface area contributed by atoms with Gasteiger partial charge in [-0.05, 0) is 61.6 Å². The molecule has 5 nitrogen and oxygen atoms in total. The first-order valence-corrected chi connectivity index (χ1v) is 12.9. The summed E-state index contributed by atoms with van der Waals surface area (Å²) in [6.07, 6.45) is 4.75. The standard InChI is InChI=1S/C27H33ClF3N3O2/c1-33(2)25(35)21-9-8-20(15-23(21)28)32-16-19-14-22(19)17-10-12-34(13-11-17)26(36)24(27(29,30)31)18-6-4-3-5-7-18/h3-6,8-9,15,17-19,22,24,32H,7,10-14,16H2,1-2H3/t18?,19-,22+,24+/m1/s1. The summed E-state index contributed by atoms with van der Waals surface area (Å²) in [6.45, 7) is 1.55. The Morgan fingerprint density at radius 2 is 1.92 bits per heavy atom. The topological polar surface area (TPSA) is 52.7 Å². The van der Waals surface area contributed by atoms with Crippen molar-refractivity contribution in [3.8, 4) is 0 Å². The summed E-state index contributed by atoms with van der Waals surface area (Å²) >= 11 is 6.29. The van der Waals surface area contributed by atoms with Gasteiger partial charge >= 0.3 is 6.18 Å². The van der Waals surface area contributed by atoms with E-state index in [-0.39, 0.29) is 12.3 Å². The van der Waals surface area contributed by atoms with Crippen LogP contribution in [0.5, 0.6) is 0 Å². The third-order valence-electron chi connectivity index (χ3n) is 7.67. The van der Waals surface area contributed by atoms with Gasteiger partial charge < -0.3 is 15.1 Å². The smallest absolute Gasteiger partial charge is 0.385 e. The molecule has 1 aromatic carbocycles. The minimum atomic E-state index is -4.55. The highest BCUT2D eigenvalue weighted by Crippen LogP contribution is 2.48. The molecule has 1 aromatic rings. The Kier molecular flexibility index (Phi) is 8.03. The molecule has 9 heteroatoms. The first-order valence-electron chi connectivity index (χ1n) is 12.5. The fraction of sp³-hybridized carbons (Fsp3) is 0.556. The molecule has 3 aliphatic rings. The Balaban J connectivity index is 1.25. The van der Waals surface area contributed by atoms with E-state index in [1.165, 1.54) is 15.9 Å². The molecule has 0 aromatic heterocycles. The van der Waals surface area contributed by atoms with Crippen LogP contribution in [-0.2, 0) is 4.79 Å². The Hall–Kier alpha value is -2.48. The first-order chi connectivity index (χ1) is 17.1. The number of allylic oxidation sites excluding steroid dienone is 4. The van der Waals surface area contributed by atoms with Crippen molar-refractivity contribution in [3.63, 3.8) is 0 Å². The largest absolute Gasteiger partial charge is 0.401 e. The van der Waals surface area contributed by atoms with E-state index < -0.39 is 23.9 Å². The summed E-state index contributed by atoms with van der Waals surface area (Å²) in [4.78, 5) is 27.9. The Labute approximate surface area is 215 Å². The first kappa shape index (κ1) is 26.6. The number of hydrogen-bond acceptors (Lipinski definition) is 3. The molecule has 1 aliphatic heterocycles. The fourth-order valence-corrected chi connectivity index (χ4v) is 5.79. The number of amides is 2. The summed E-state index contributed by atoms with van der Waals surface area (Å²) in [5, 5.41) is 3.80. The van der Waals surface area contributed by atoms with Crippen molar-refractivity contribution in [1.82, 2.24) is 9.80 Å². The van der Waals surface area contributed by atoms with Crippen LogP contribution in [0.2, 0.25) is 5.02 Å². The van der Waals surface area contributed by atoms with Gasteiger partial charge in [-0.15, -0.1) is 0 Å². The summed E-state index contributed by atoms with van der Waals surface area (Å²) in [7, 11) is 3.36. The molecule has 0 bridgehead atoms. The molecular formula is C27H33ClF3N3O2. The molecular weight excluding hydrogens is 491 g/mol. The molecule has 4 rings (SSSR count). The van der Waals surface area contributed by atoms with Crippen molar-refractivity contribution < 1.29 is 22.8 Å². The van der Waals surface area contributed by atoms with E-state index in [1.54, 1.807) is 44.5 Å². The molecule has 1 saturated heterocycles. The van der Waals surface area contributed by atoms with Crippen LogP contribution < -0.4 is 5.32 Å². The zero-order chi connectivity index (χ0) is 26.0. The average Bonchev–Trinajstić information content (AvgIpc) is 3.62. The van der Waals surface area contributed by atoms with Crippen LogP contribution in [0.25, 0.3) is 0 Å². The van der Waals surface area contributed by atoms with Gasteiger partial charge in [0.2, 0.25) is 5.91 Å². The molecule has 2 fully saturated rings. The molecule has 36 heavy (non-hydrogen) atoms. The number of hydrogen-bond donors (Lipinski definition) is 1. The predicted molar refractivity (Wildman–Crippen MR) is 135 cm³/mol. The molecule has 2 aliphatic carbocycles. The van der Waals surface area contributed by atoms with Crippen LogP contribution in [-0.4, -0.2) is 61.5 Å². The van der Waals surface area contributed by atoms with Gasteiger partial charge in [0.25, 0.3) is 5.91 Å². The second kappa shape index (κ2) is 10.9. The van der Waals surface area contributed by atoms with Crippen molar-refractivity contribution in [2.75, 3.05) is 39.0 Å². The Bertz CT molecular complexity index is 1030. The number of carbonyl (C=O) groups excluding carboxylic acids is 2. The molecule has 0 radical (unpaired) electrons. The molecule has 1 unspecified atom stereocenters. The molecule has 1 N–H and O–H groups in total. The molecule has 196 valence electrons. The number of nitrogens with zero attached hydrogens (tertiary/aromatic N) is 2. The fourth-order valence-electron chi connectivity index (χ4n) is 5.53. The Morgan fingerprint density at radius 3 is 2.50 bits per heavy atom. The Morgan fingerprint density at radius 1 is 1.19 bits per heavy atom. The monoisotopic (exact) mass is 523 g/mol. The summed E-state index contributed by atoms with van der Waals surface area (Å²) < 4.78 is 41.3. The number of carbonyl (C=O) groups is 2. The normalized spacial score (nSPS) is 24.9. The molecule has 1 saturated carbocycles. The number of alkyl halides is 3. The summed E-state index contributed by atoms with van der Waals surface area (Å²) in [6, 6.07) is 5.32. The molecule has 1 heterocycles. The number of benzene rings is 1. The van der Waals surface area contributed by atoms with Crippen molar-refractivity contribution >= 4 is 29.1 Å². The lowest BCUT2D eigenvalue weighted by Crippen LogP contribution is -2.48. The number of halogens is 4. The number of nitrogens with one attached hydrogen (secondary N) is 1. The SMILES string of the molecule is CN(C)C(=O)c1ccc(NC[C@H]2C[C@H]2C2CCN(C(=O)[C@H](C3C=CC=CC3)C(F)(F)F)CC2)cc1Cl. The van der Waals surface area contributed by atoms with Gasteiger partial charge in [-0.1, -0.05) is 35.9 Å². The average molecular weight is 524 g/mol. The van der Waals surface area contributed by atoms with E-state index in [0.717, 1.165) is 31.5 Å². The van der Waals surface area contributed by atoms with Gasteiger partial charge in [-0.25, -0.2) is 0 Å². The third-order valence-corrected chi connectivity index (χ3v) is 7.98. The minimum absolute atomic E-state index is 0.146. The maximum absolute atomic E-state index is 13.8. The zero-order valence-electron chi connectivity index (χ0n) is 20.6. The lowest BCUT2D eigenvalue weighted by Gasteiger charge is -2.36. The number of anilines is 1. The van der Waals surface area contributed by atoms with Crippen molar-refractivity contribution in [3.05, 3.63) is 53.1 Å². The third kappa shape index (κ3) is 6.07. The van der Waals surface area contributed by atoms with Gasteiger partial charge in [0.15, 0.2) is 0 Å². The van der Waals surface area contributed by atoms with E-state index in [2.05, 4.69) is 5.32 Å². The van der Waals surface area contributed by atoms with Gasteiger partial charge in [-0.3, -0.25) is 9.59 Å². The van der Waals surface area contributed by atoms with E-state index >= 15 is 0 Å². The quantitative estimate of drug-likeness (QED) is 0.503. The van der Waals surface area contributed by atoms with Gasteiger partial charge in [0.1, 0.15) is 5.92 Å². The van der Waals surface area contributed by atoms with E-state index in [0.29, 0.717) is 41.4 Å². The van der Waals surface area contributed by atoms with Crippen molar-refractivity contribution in [2.45, 2.75) is 31.9 Å². The predicted octanol–water partition coefficient (Wildman–Crippen LogP) is 5.64. The minimum Gasteiger partial charge on any atom is -0.385 e. The molecule has 2 amide bonds. The van der Waals surface area contributed by atoms with E-state index in [9.17, 15) is 22.8 Å². The number of piperidine rings is 1. The molecule has 0 spiro atoms. The van der Waals surface area contributed by atoms with Crippen LogP contribution in [0.3, 0.4) is 0 Å². The number of likely N-dealkylation sites (tertiary alicyclic amines) is 1. The maximum Gasteiger partial charge on any atom is 0.401 e. The molecule has 4 atom stereocenters. The van der Waals surface area contributed by atoms with Gasteiger partial charge in [0.05, 0.1) is 10.6 Å². The lowest BCUT2D eigenvalue weighted by atomic mass is 9.84.